The fraction of sp³-hybridized carbons (Fsp3) is 0.348. The molecule has 0 aliphatic heterocycles. The number of hydrogen-bond donors (Lipinski definition) is 0. The smallest absolute Gasteiger partial charge is 0.326 e. The Morgan fingerprint density at radius 2 is 1.77 bits per heavy atom. The highest BCUT2D eigenvalue weighted by Gasteiger charge is 2.16. The van der Waals surface area contributed by atoms with Crippen LogP contribution in [0.3, 0.4) is 0 Å². The van der Waals surface area contributed by atoms with Gasteiger partial charge in [-0.25, -0.2) is 0 Å². The topological polar surface area (TPSA) is 63.9 Å². The zero-order valence-electron chi connectivity index (χ0n) is 18.1. The van der Waals surface area contributed by atoms with Crippen LogP contribution >= 0.6 is 22.9 Å². The summed E-state index contributed by atoms with van der Waals surface area (Å²) in [4.78, 5) is 32.1. The number of hydrogen-bond acceptors (Lipinski definition) is 5. The zero-order chi connectivity index (χ0) is 22.5. The summed E-state index contributed by atoms with van der Waals surface area (Å²) < 4.78 is 7.72. The van der Waals surface area contributed by atoms with Crippen molar-refractivity contribution >= 4 is 50.7 Å². The van der Waals surface area contributed by atoms with Crippen molar-refractivity contribution in [2.75, 3.05) is 24.6 Å². The molecule has 0 aliphatic rings. The number of amides is 1. The Bertz CT molecular complexity index is 1160. The third kappa shape index (κ3) is 4.99. The molecule has 3 aromatic rings. The fourth-order valence-electron chi connectivity index (χ4n) is 3.44. The van der Waals surface area contributed by atoms with Crippen molar-refractivity contribution < 1.29 is 14.3 Å². The van der Waals surface area contributed by atoms with Crippen molar-refractivity contribution in [3.63, 3.8) is 0 Å². The third-order valence-electron chi connectivity index (χ3n) is 5.06. The van der Waals surface area contributed by atoms with E-state index in [2.05, 4.69) is 23.7 Å². The van der Waals surface area contributed by atoms with E-state index in [-0.39, 0.29) is 25.0 Å². The van der Waals surface area contributed by atoms with Crippen LogP contribution in [0, 0.1) is 6.92 Å². The van der Waals surface area contributed by atoms with E-state index in [0.717, 1.165) is 34.6 Å². The van der Waals surface area contributed by atoms with Gasteiger partial charge in [-0.2, -0.15) is 4.99 Å². The van der Waals surface area contributed by atoms with E-state index in [9.17, 15) is 9.59 Å². The molecule has 0 radical (unpaired) electrons. The second kappa shape index (κ2) is 10.1. The van der Waals surface area contributed by atoms with Crippen molar-refractivity contribution in [1.82, 2.24) is 4.57 Å². The van der Waals surface area contributed by atoms with Gasteiger partial charge in [0.2, 0.25) is 0 Å². The van der Waals surface area contributed by atoms with Crippen molar-refractivity contribution in [2.45, 2.75) is 34.2 Å². The number of esters is 1. The van der Waals surface area contributed by atoms with Crippen LogP contribution in [-0.2, 0) is 16.1 Å². The number of nitrogens with zero attached hydrogens (tertiary/aromatic N) is 3. The number of thiazole rings is 1. The highest BCUT2D eigenvalue weighted by molar-refractivity contribution is 7.16. The van der Waals surface area contributed by atoms with Crippen LogP contribution in [-0.4, -0.2) is 36.1 Å². The molecule has 1 aromatic heterocycles. The van der Waals surface area contributed by atoms with Crippen LogP contribution in [0.2, 0.25) is 5.02 Å². The summed E-state index contributed by atoms with van der Waals surface area (Å²) in [6.07, 6.45) is 0. The van der Waals surface area contributed by atoms with Crippen LogP contribution in [0.1, 0.15) is 36.7 Å². The first-order valence-corrected chi connectivity index (χ1v) is 11.5. The molecule has 0 saturated carbocycles. The van der Waals surface area contributed by atoms with E-state index in [1.165, 1.54) is 11.3 Å². The Hall–Kier alpha value is -2.64. The van der Waals surface area contributed by atoms with Gasteiger partial charge in [0.15, 0.2) is 4.80 Å². The highest BCUT2D eigenvalue weighted by atomic mass is 35.5. The molecule has 1 heterocycles. The molecule has 2 aromatic carbocycles. The first-order chi connectivity index (χ1) is 14.9. The number of carbonyl (C=O) groups is 2. The molecule has 8 heteroatoms. The third-order valence-corrected chi connectivity index (χ3v) is 6.52. The Morgan fingerprint density at radius 1 is 1.10 bits per heavy atom. The molecule has 0 fully saturated rings. The van der Waals surface area contributed by atoms with Crippen molar-refractivity contribution in [3.05, 3.63) is 57.3 Å². The Kier molecular flexibility index (Phi) is 7.51. The zero-order valence-corrected chi connectivity index (χ0v) is 19.7. The number of fused-ring (bicyclic) bond motifs is 1. The maximum atomic E-state index is 12.9. The summed E-state index contributed by atoms with van der Waals surface area (Å²) in [5.74, 6) is -0.752. The molecule has 0 atom stereocenters. The lowest BCUT2D eigenvalue weighted by molar-refractivity contribution is -0.143. The first-order valence-electron chi connectivity index (χ1n) is 10.3. The van der Waals surface area contributed by atoms with Gasteiger partial charge in [-0.1, -0.05) is 22.9 Å². The summed E-state index contributed by atoms with van der Waals surface area (Å²) in [6, 6.07) is 11.1. The SMILES string of the molecule is CCOC(=O)Cn1c(=NC(=O)c2ccc(N(CC)CC)cc2)sc2ccc(Cl)c(C)c21. The summed E-state index contributed by atoms with van der Waals surface area (Å²) in [6.45, 7) is 9.86. The Balaban J connectivity index is 2.05. The molecule has 0 spiro atoms. The molecule has 1 amide bonds. The molecular weight excluding hydrogens is 434 g/mol. The Labute approximate surface area is 190 Å². The molecule has 0 bridgehead atoms. The van der Waals surface area contributed by atoms with Gasteiger partial charge in [0.05, 0.1) is 16.8 Å². The van der Waals surface area contributed by atoms with E-state index in [1.807, 2.05) is 31.2 Å². The van der Waals surface area contributed by atoms with Crippen molar-refractivity contribution in [3.8, 4) is 0 Å². The molecular formula is C23H26ClN3O3S. The minimum absolute atomic E-state index is 0.0396. The lowest BCUT2D eigenvalue weighted by atomic mass is 10.2. The average molecular weight is 460 g/mol. The van der Waals surface area contributed by atoms with Gasteiger partial charge in [-0.3, -0.25) is 9.59 Å². The van der Waals surface area contributed by atoms with Crippen LogP contribution < -0.4 is 9.70 Å². The van der Waals surface area contributed by atoms with Crippen LogP contribution in [0.5, 0.6) is 0 Å². The second-order valence-electron chi connectivity index (χ2n) is 6.93. The number of anilines is 1. The minimum Gasteiger partial charge on any atom is -0.465 e. The van der Waals surface area contributed by atoms with Gasteiger partial charge in [0, 0.05) is 29.4 Å². The number of aromatic nitrogens is 1. The second-order valence-corrected chi connectivity index (χ2v) is 8.35. The maximum Gasteiger partial charge on any atom is 0.326 e. The van der Waals surface area contributed by atoms with E-state index >= 15 is 0 Å². The van der Waals surface area contributed by atoms with Gasteiger partial charge in [-0.15, -0.1) is 0 Å². The monoisotopic (exact) mass is 459 g/mol. The number of carbonyl (C=O) groups excluding carboxylic acids is 2. The van der Waals surface area contributed by atoms with E-state index in [0.29, 0.717) is 15.4 Å². The van der Waals surface area contributed by atoms with Gasteiger partial charge in [-0.05, 0) is 69.7 Å². The number of benzene rings is 2. The standard InChI is InChI=1S/C23H26ClN3O3S/c1-5-26(6-2)17-10-8-16(9-11-17)22(29)25-23-27(14-20(28)30-7-3)21-15(4)18(24)12-13-19(21)31-23/h8-13H,5-7,14H2,1-4H3. The van der Waals surface area contributed by atoms with Crippen molar-refractivity contribution in [2.24, 2.45) is 4.99 Å². The Morgan fingerprint density at radius 3 is 2.39 bits per heavy atom. The number of ether oxygens (including phenoxy) is 1. The molecule has 164 valence electrons. The largest absolute Gasteiger partial charge is 0.465 e. The van der Waals surface area contributed by atoms with Crippen LogP contribution in [0.4, 0.5) is 5.69 Å². The van der Waals surface area contributed by atoms with Gasteiger partial charge in [0.25, 0.3) is 5.91 Å². The lowest BCUT2D eigenvalue weighted by Gasteiger charge is -2.20. The van der Waals surface area contributed by atoms with Crippen LogP contribution in [0.15, 0.2) is 41.4 Å². The molecule has 0 N–H and O–H groups in total. The van der Waals surface area contributed by atoms with Gasteiger partial charge < -0.3 is 14.2 Å². The minimum atomic E-state index is -0.390. The normalized spacial score (nSPS) is 11.7. The predicted molar refractivity (Wildman–Crippen MR) is 126 cm³/mol. The summed E-state index contributed by atoms with van der Waals surface area (Å²) >= 11 is 7.65. The number of aryl methyl sites for hydroxylation is 1. The fourth-order valence-corrected chi connectivity index (χ4v) is 4.68. The quantitative estimate of drug-likeness (QED) is 0.475. The summed E-state index contributed by atoms with van der Waals surface area (Å²) in [7, 11) is 0. The lowest BCUT2D eigenvalue weighted by Crippen LogP contribution is -2.23. The average Bonchev–Trinajstić information content (AvgIpc) is 3.09. The molecule has 0 aliphatic carbocycles. The first kappa shape index (κ1) is 23.0. The number of halogens is 1. The van der Waals surface area contributed by atoms with Crippen molar-refractivity contribution in [1.29, 1.82) is 0 Å². The highest BCUT2D eigenvalue weighted by Crippen LogP contribution is 2.27. The maximum absolute atomic E-state index is 12.9. The summed E-state index contributed by atoms with van der Waals surface area (Å²) in [5, 5.41) is 0.591. The summed E-state index contributed by atoms with van der Waals surface area (Å²) in [5.41, 5.74) is 3.17. The van der Waals surface area contributed by atoms with E-state index < -0.39 is 0 Å². The number of rotatable bonds is 7. The molecule has 6 nitrogen and oxygen atoms in total. The van der Waals surface area contributed by atoms with Gasteiger partial charge in [0.1, 0.15) is 6.54 Å². The molecule has 3 rings (SSSR count). The molecule has 31 heavy (non-hydrogen) atoms. The van der Waals surface area contributed by atoms with Gasteiger partial charge >= 0.3 is 5.97 Å². The molecule has 0 unspecified atom stereocenters. The van der Waals surface area contributed by atoms with E-state index in [1.54, 1.807) is 23.6 Å². The van der Waals surface area contributed by atoms with E-state index in [4.69, 9.17) is 16.3 Å². The molecule has 0 saturated heterocycles. The van der Waals surface area contributed by atoms with Crippen LogP contribution in [0.25, 0.3) is 10.2 Å². The predicted octanol–water partition coefficient (Wildman–Crippen LogP) is 4.82.